The van der Waals surface area contributed by atoms with Crippen molar-refractivity contribution in [2.24, 2.45) is 57.2 Å². The first-order valence-electron chi connectivity index (χ1n) is 14.4. The molecule has 34 heavy (non-hydrogen) atoms. The van der Waals surface area contributed by atoms with Gasteiger partial charge in [-0.2, -0.15) is 0 Å². The minimum absolute atomic E-state index is 0.0787. The fourth-order valence-corrected chi connectivity index (χ4v) is 11.2. The maximum Gasteiger partial charge on any atom is 0.0863 e. The minimum Gasteiger partial charge on any atom is -0.393 e. The summed E-state index contributed by atoms with van der Waals surface area (Å²) in [4.78, 5) is 0. The summed E-state index contributed by atoms with van der Waals surface area (Å²) in [5.41, 5.74) is 1.68. The Kier molecular flexibility index (Phi) is 5.46. The number of aliphatic hydroxyl groups excluding tert-OH is 2. The van der Waals surface area contributed by atoms with Crippen LogP contribution in [0.4, 0.5) is 0 Å². The quantitative estimate of drug-likeness (QED) is 0.360. The smallest absolute Gasteiger partial charge is 0.0863 e. The van der Waals surface area contributed by atoms with E-state index in [1.807, 2.05) is 6.92 Å². The predicted octanol–water partition coefficient (Wildman–Crippen LogP) is 6.36. The predicted molar refractivity (Wildman–Crippen MR) is 138 cm³/mol. The normalized spacial score (nSPS) is 58.9. The monoisotopic (exact) mass is 472 g/mol. The lowest BCUT2D eigenvalue weighted by molar-refractivity contribution is -0.215. The van der Waals surface area contributed by atoms with Gasteiger partial charge in [0.15, 0.2) is 0 Å². The van der Waals surface area contributed by atoms with Crippen LogP contribution < -0.4 is 0 Å². The Bertz CT molecular complexity index is 887. The van der Waals surface area contributed by atoms with Crippen LogP contribution >= 0.6 is 0 Å². The van der Waals surface area contributed by atoms with Gasteiger partial charge in [0, 0.05) is 0 Å². The Labute approximate surface area is 208 Å². The molecule has 0 radical (unpaired) electrons. The molecule has 0 aromatic heterocycles. The van der Waals surface area contributed by atoms with Crippen molar-refractivity contribution in [3.8, 4) is 0 Å². The van der Waals surface area contributed by atoms with Gasteiger partial charge in [0.25, 0.3) is 0 Å². The lowest BCUT2D eigenvalue weighted by Gasteiger charge is -2.71. The maximum absolute atomic E-state index is 12.0. The zero-order chi connectivity index (χ0) is 25.2. The van der Waals surface area contributed by atoms with Crippen molar-refractivity contribution in [2.75, 3.05) is 0 Å². The fraction of sp³-hybridized carbons (Fsp3) is 0.935. The first-order valence-corrected chi connectivity index (χ1v) is 14.4. The van der Waals surface area contributed by atoms with Crippen molar-refractivity contribution in [1.29, 1.82) is 0 Å². The lowest BCUT2D eigenvalue weighted by Crippen LogP contribution is -2.66. The van der Waals surface area contributed by atoms with Gasteiger partial charge in [-0.25, -0.2) is 0 Å². The van der Waals surface area contributed by atoms with Crippen molar-refractivity contribution >= 4 is 0 Å². The van der Waals surface area contributed by atoms with Crippen LogP contribution in [0.15, 0.2) is 11.1 Å². The van der Waals surface area contributed by atoms with E-state index in [9.17, 15) is 15.3 Å². The molecule has 0 heterocycles. The molecule has 0 saturated heterocycles. The molecular weight excluding hydrogens is 420 g/mol. The van der Waals surface area contributed by atoms with Crippen molar-refractivity contribution in [3.63, 3.8) is 0 Å². The van der Waals surface area contributed by atoms with Gasteiger partial charge >= 0.3 is 0 Å². The van der Waals surface area contributed by atoms with Crippen LogP contribution in [-0.2, 0) is 0 Å². The van der Waals surface area contributed by atoms with Gasteiger partial charge in [-0.15, -0.1) is 0 Å². The second-order valence-electron chi connectivity index (χ2n) is 15.2. The number of hydrogen-bond acceptors (Lipinski definition) is 3. The average molecular weight is 473 g/mol. The van der Waals surface area contributed by atoms with E-state index in [-0.39, 0.29) is 33.7 Å². The lowest BCUT2D eigenvalue weighted by atomic mass is 9.34. The molecule has 5 aliphatic rings. The van der Waals surface area contributed by atoms with Gasteiger partial charge in [0.05, 0.1) is 17.8 Å². The first-order chi connectivity index (χ1) is 15.5. The second kappa shape index (κ2) is 7.35. The van der Waals surface area contributed by atoms with Crippen LogP contribution in [0.5, 0.6) is 0 Å². The van der Waals surface area contributed by atoms with Gasteiger partial charge in [-0.1, -0.05) is 55.4 Å². The largest absolute Gasteiger partial charge is 0.393 e. The minimum atomic E-state index is -0.851. The van der Waals surface area contributed by atoms with Gasteiger partial charge < -0.3 is 15.3 Å². The molecule has 0 spiro atoms. The van der Waals surface area contributed by atoms with E-state index in [2.05, 4.69) is 55.4 Å². The van der Waals surface area contributed by atoms with Gasteiger partial charge in [0.2, 0.25) is 0 Å². The van der Waals surface area contributed by atoms with E-state index in [1.54, 1.807) is 0 Å². The van der Waals surface area contributed by atoms with Crippen molar-refractivity contribution in [1.82, 2.24) is 0 Å². The van der Waals surface area contributed by atoms with Crippen LogP contribution in [0, 0.1) is 57.2 Å². The van der Waals surface area contributed by atoms with Crippen molar-refractivity contribution < 1.29 is 15.3 Å². The van der Waals surface area contributed by atoms with Crippen molar-refractivity contribution in [2.45, 2.75) is 125 Å². The molecule has 0 aliphatic heterocycles. The van der Waals surface area contributed by atoms with E-state index < -0.39 is 11.7 Å². The first kappa shape index (κ1) is 25.3. The van der Waals surface area contributed by atoms with Crippen LogP contribution in [0.25, 0.3) is 0 Å². The van der Waals surface area contributed by atoms with Crippen LogP contribution in [-0.4, -0.2) is 33.1 Å². The molecule has 0 bridgehead atoms. The molecule has 4 fully saturated rings. The summed E-state index contributed by atoms with van der Waals surface area (Å²) in [6.07, 6.45) is 6.61. The molecule has 194 valence electrons. The molecule has 5 aliphatic carbocycles. The third-order valence-electron chi connectivity index (χ3n) is 14.0. The highest BCUT2D eigenvalue weighted by Crippen LogP contribution is 2.75. The zero-order valence-corrected chi connectivity index (χ0v) is 23.4. The third kappa shape index (κ3) is 2.82. The highest BCUT2D eigenvalue weighted by Gasteiger charge is 2.69. The molecule has 5 rings (SSSR count). The SMILES string of the molecule is C[C@@H]1[C@@H](C)[C@@](C)(O)C2=C3[C@@H](O)CC4[C@@]5(C)CCC(O)C(C)(C)C5CC[C@@]4(C)[C@]3(C)CCC2[C@@H]1C. The Morgan fingerprint density at radius 3 is 2.03 bits per heavy atom. The van der Waals surface area contributed by atoms with Crippen LogP contribution in [0.2, 0.25) is 0 Å². The second-order valence-corrected chi connectivity index (χ2v) is 15.2. The molecule has 12 atom stereocenters. The van der Waals surface area contributed by atoms with Gasteiger partial charge in [0.1, 0.15) is 0 Å². The molecule has 0 aromatic rings. The van der Waals surface area contributed by atoms with Crippen molar-refractivity contribution in [3.05, 3.63) is 11.1 Å². The summed E-state index contributed by atoms with van der Waals surface area (Å²) >= 11 is 0. The van der Waals surface area contributed by atoms with Gasteiger partial charge in [-0.05, 0) is 120 Å². The highest BCUT2D eigenvalue weighted by atomic mass is 16.3. The summed E-state index contributed by atoms with van der Waals surface area (Å²) in [7, 11) is 0. The molecule has 0 amide bonds. The summed E-state index contributed by atoms with van der Waals surface area (Å²) in [6, 6.07) is 0. The Morgan fingerprint density at radius 1 is 0.735 bits per heavy atom. The molecule has 4 saturated carbocycles. The Morgan fingerprint density at radius 2 is 1.38 bits per heavy atom. The van der Waals surface area contributed by atoms with E-state index in [0.29, 0.717) is 29.6 Å². The summed E-state index contributed by atoms with van der Waals surface area (Å²) in [5, 5.41) is 34.9. The molecule has 0 aromatic carbocycles. The topological polar surface area (TPSA) is 60.7 Å². The number of hydrogen-bond donors (Lipinski definition) is 3. The third-order valence-corrected chi connectivity index (χ3v) is 14.0. The maximum atomic E-state index is 12.0. The number of fused-ring (bicyclic) bond motifs is 6. The molecule has 3 nitrogen and oxygen atoms in total. The molecule has 4 unspecified atom stereocenters. The summed E-state index contributed by atoms with van der Waals surface area (Å²) in [6.45, 7) is 21.0. The Hall–Kier alpha value is -0.380. The van der Waals surface area contributed by atoms with Crippen LogP contribution in [0.3, 0.4) is 0 Å². The summed E-state index contributed by atoms with van der Waals surface area (Å²) in [5.74, 6) is 2.51. The molecule has 3 N–H and O–H groups in total. The highest BCUT2D eigenvalue weighted by molar-refractivity contribution is 5.42. The van der Waals surface area contributed by atoms with Crippen LogP contribution in [0.1, 0.15) is 107 Å². The van der Waals surface area contributed by atoms with E-state index in [4.69, 9.17) is 0 Å². The van der Waals surface area contributed by atoms with E-state index >= 15 is 0 Å². The Balaban J connectivity index is 1.66. The van der Waals surface area contributed by atoms with Gasteiger partial charge in [-0.3, -0.25) is 0 Å². The molecular formula is C31H52O3. The standard InChI is InChI=1S/C31H52O3/c1-17-18(2)20-10-14-30(8)26(25(20)31(9,34)19(17)3)21(32)16-23-28(6)13-12-24(33)27(4,5)22(28)11-15-29(23,30)7/h17-24,32-34H,10-16H2,1-9H3/t17-,18+,19+,20?,21-,22?,23?,24?,28-,29+,30+,31+/m0/s1. The number of aliphatic hydroxyl groups is 3. The van der Waals surface area contributed by atoms with E-state index in [0.717, 1.165) is 44.9 Å². The fourth-order valence-electron chi connectivity index (χ4n) is 11.2. The molecule has 3 heteroatoms. The zero-order valence-electron chi connectivity index (χ0n) is 23.4. The summed E-state index contributed by atoms with van der Waals surface area (Å²) < 4.78 is 0. The van der Waals surface area contributed by atoms with E-state index in [1.165, 1.54) is 11.1 Å². The number of rotatable bonds is 0. The average Bonchev–Trinajstić information content (AvgIpc) is 2.75.